The Morgan fingerprint density at radius 2 is 2.04 bits per heavy atom. The normalized spacial score (nSPS) is 36.3. The van der Waals surface area contributed by atoms with E-state index in [1.165, 1.54) is 12.1 Å². The average Bonchev–Trinajstić information content (AvgIpc) is 3.15. The average molecular weight is 357 g/mol. The lowest BCUT2D eigenvalue weighted by atomic mass is 9.63. The van der Waals surface area contributed by atoms with Crippen LogP contribution in [0.5, 0.6) is 0 Å². The van der Waals surface area contributed by atoms with Crippen LogP contribution < -0.4 is 0 Å². The first-order chi connectivity index (χ1) is 12.4. The molecule has 5 nitrogen and oxygen atoms in total. The van der Waals surface area contributed by atoms with Crippen LogP contribution in [0.4, 0.5) is 5.69 Å². The highest BCUT2D eigenvalue weighted by Gasteiger charge is 2.80. The van der Waals surface area contributed by atoms with Crippen molar-refractivity contribution in [1.29, 1.82) is 0 Å². The summed E-state index contributed by atoms with van der Waals surface area (Å²) >= 11 is 0. The van der Waals surface area contributed by atoms with Crippen LogP contribution in [0, 0.1) is 38.7 Å². The summed E-state index contributed by atoms with van der Waals surface area (Å²) < 4.78 is 6.27. The molecule has 2 saturated carbocycles. The summed E-state index contributed by atoms with van der Waals surface area (Å²) in [7, 11) is 0. The van der Waals surface area contributed by atoms with Gasteiger partial charge in [-0.2, -0.15) is 0 Å². The van der Waals surface area contributed by atoms with Gasteiger partial charge in [-0.1, -0.05) is 13.8 Å². The topological polar surface area (TPSA) is 72.6 Å². The van der Waals surface area contributed by atoms with Crippen LogP contribution in [0.15, 0.2) is 36.1 Å². The maximum atomic E-state index is 10.8. The van der Waals surface area contributed by atoms with Gasteiger partial charge in [0, 0.05) is 24.2 Å². The van der Waals surface area contributed by atoms with Gasteiger partial charge in [0.05, 0.1) is 10.7 Å². The number of allylic oxidation sites excluding steroid dienone is 2. The van der Waals surface area contributed by atoms with Gasteiger partial charge >= 0.3 is 0 Å². The van der Waals surface area contributed by atoms with E-state index < -0.39 is 0 Å². The zero-order valence-electron chi connectivity index (χ0n) is 15.5. The monoisotopic (exact) mass is 357 g/mol. The van der Waals surface area contributed by atoms with Crippen molar-refractivity contribution >= 4 is 5.69 Å². The fourth-order valence-corrected chi connectivity index (χ4v) is 5.85. The molecule has 140 valence electrons. The van der Waals surface area contributed by atoms with Crippen LogP contribution in [0.1, 0.15) is 45.1 Å². The van der Waals surface area contributed by atoms with Crippen LogP contribution in [-0.4, -0.2) is 16.6 Å². The van der Waals surface area contributed by atoms with Gasteiger partial charge in [0.2, 0.25) is 0 Å². The molecule has 4 rings (SSSR count). The minimum absolute atomic E-state index is 0.107. The Balaban J connectivity index is 1.49. The molecule has 1 N–H and O–H groups in total. The molecule has 1 unspecified atom stereocenters. The standard InChI is InChI=1S/C21H27NO4/c1-20(2)13-21-17(19(20)21)10-15(11-23)4-3-5-18(21)26-12-14-6-8-16(9-7-14)22(24)25/h5-9,15,17,19,23H,3-4,10-13H2,1-2H3/b18-5+/t15?,17-,19-,21-/m0/s1. The fourth-order valence-electron chi connectivity index (χ4n) is 5.85. The molecule has 0 aliphatic heterocycles. The second-order valence-electron chi connectivity index (χ2n) is 8.93. The van der Waals surface area contributed by atoms with Gasteiger partial charge in [0.15, 0.2) is 0 Å². The molecule has 1 spiro atoms. The lowest BCUT2D eigenvalue weighted by molar-refractivity contribution is -0.384. The zero-order chi connectivity index (χ0) is 18.5. The number of hydrogen-bond acceptors (Lipinski definition) is 4. The van der Waals surface area contributed by atoms with Crippen molar-refractivity contribution in [1.82, 2.24) is 0 Å². The second-order valence-corrected chi connectivity index (χ2v) is 8.93. The van der Waals surface area contributed by atoms with Crippen molar-refractivity contribution in [3.8, 4) is 0 Å². The van der Waals surface area contributed by atoms with Gasteiger partial charge in [0.1, 0.15) is 6.61 Å². The van der Waals surface area contributed by atoms with E-state index in [1.807, 2.05) is 0 Å². The van der Waals surface area contributed by atoms with Crippen LogP contribution in [-0.2, 0) is 11.3 Å². The predicted molar refractivity (Wildman–Crippen MR) is 98.2 cm³/mol. The molecule has 0 amide bonds. The third kappa shape index (κ3) is 2.64. The maximum absolute atomic E-state index is 10.8. The molecule has 4 atom stereocenters. The first-order valence-electron chi connectivity index (χ1n) is 9.56. The Hall–Kier alpha value is -1.88. The van der Waals surface area contributed by atoms with E-state index in [-0.39, 0.29) is 22.6 Å². The summed E-state index contributed by atoms with van der Waals surface area (Å²) in [4.78, 5) is 10.4. The number of nitro groups is 1. The number of benzene rings is 1. The number of hydrogen-bond donors (Lipinski definition) is 1. The summed E-state index contributed by atoms with van der Waals surface area (Å²) in [5.74, 6) is 2.82. The molecule has 0 heterocycles. The fraction of sp³-hybridized carbons (Fsp3) is 0.619. The summed E-state index contributed by atoms with van der Waals surface area (Å²) in [5, 5.41) is 20.4. The van der Waals surface area contributed by atoms with Crippen molar-refractivity contribution in [2.45, 2.75) is 46.1 Å². The van der Waals surface area contributed by atoms with Gasteiger partial charge in [-0.3, -0.25) is 10.1 Å². The van der Waals surface area contributed by atoms with Crippen LogP contribution >= 0.6 is 0 Å². The number of nitrogens with zero attached hydrogens (tertiary/aromatic N) is 1. The molecule has 1 aromatic carbocycles. The number of aliphatic hydroxyl groups excluding tert-OH is 1. The zero-order valence-corrected chi connectivity index (χ0v) is 15.5. The third-order valence-electron chi connectivity index (χ3n) is 6.85. The molecule has 2 fully saturated rings. The molecular weight excluding hydrogens is 330 g/mol. The van der Waals surface area contributed by atoms with Gasteiger partial charge in [-0.25, -0.2) is 0 Å². The van der Waals surface area contributed by atoms with Gasteiger partial charge in [-0.15, -0.1) is 0 Å². The Morgan fingerprint density at radius 1 is 1.31 bits per heavy atom. The van der Waals surface area contributed by atoms with Crippen LogP contribution in [0.25, 0.3) is 0 Å². The van der Waals surface area contributed by atoms with E-state index in [9.17, 15) is 15.2 Å². The van der Waals surface area contributed by atoms with Gasteiger partial charge in [0.25, 0.3) is 5.69 Å². The van der Waals surface area contributed by atoms with Crippen LogP contribution in [0.3, 0.4) is 0 Å². The third-order valence-corrected chi connectivity index (χ3v) is 6.85. The van der Waals surface area contributed by atoms with Crippen LogP contribution in [0.2, 0.25) is 0 Å². The Kier molecular flexibility index (Phi) is 4.10. The highest BCUT2D eigenvalue weighted by atomic mass is 16.6. The summed E-state index contributed by atoms with van der Waals surface area (Å²) in [6.45, 7) is 5.42. The number of rotatable bonds is 5. The molecule has 0 radical (unpaired) electrons. The minimum Gasteiger partial charge on any atom is -0.493 e. The van der Waals surface area contributed by atoms with Crippen molar-refractivity contribution < 1.29 is 14.8 Å². The van der Waals surface area contributed by atoms with E-state index in [0.29, 0.717) is 29.8 Å². The lowest BCUT2D eigenvalue weighted by Gasteiger charge is -2.42. The Bertz CT molecular complexity index is 739. The smallest absolute Gasteiger partial charge is 0.269 e. The van der Waals surface area contributed by atoms with Crippen molar-refractivity contribution in [3.63, 3.8) is 0 Å². The van der Waals surface area contributed by atoms with E-state index in [2.05, 4.69) is 19.9 Å². The molecular formula is C21H27NO4. The highest BCUT2D eigenvalue weighted by molar-refractivity contribution is 5.37. The maximum Gasteiger partial charge on any atom is 0.269 e. The van der Waals surface area contributed by atoms with E-state index in [1.54, 1.807) is 12.1 Å². The van der Waals surface area contributed by atoms with E-state index >= 15 is 0 Å². The molecule has 0 saturated heterocycles. The van der Waals surface area contributed by atoms with E-state index in [4.69, 9.17) is 4.74 Å². The van der Waals surface area contributed by atoms with Crippen molar-refractivity contribution in [2.75, 3.05) is 6.61 Å². The quantitative estimate of drug-likeness (QED) is 0.624. The molecule has 3 aliphatic rings. The van der Waals surface area contributed by atoms with Crippen molar-refractivity contribution in [2.24, 2.45) is 28.6 Å². The SMILES string of the molecule is CC1(C)C[C@@]23/C(OCc4ccc([N+](=O)[O-])cc4)=C\CCC(CO)C[C@H]2[C@@H]13. The number of non-ortho nitro benzene ring substituents is 1. The largest absolute Gasteiger partial charge is 0.493 e. The highest BCUT2D eigenvalue weighted by Crippen LogP contribution is 2.84. The molecule has 0 bridgehead atoms. The van der Waals surface area contributed by atoms with Gasteiger partial charge < -0.3 is 9.84 Å². The number of nitro benzene ring substituents is 1. The molecule has 26 heavy (non-hydrogen) atoms. The van der Waals surface area contributed by atoms with Crippen molar-refractivity contribution in [3.05, 3.63) is 51.8 Å². The van der Waals surface area contributed by atoms with E-state index in [0.717, 1.165) is 37.0 Å². The minimum atomic E-state index is -0.381. The first-order valence-corrected chi connectivity index (χ1v) is 9.56. The number of ether oxygens (including phenoxy) is 1. The second kappa shape index (κ2) is 6.08. The number of aliphatic hydroxyl groups is 1. The summed E-state index contributed by atoms with van der Waals surface area (Å²) in [5.41, 5.74) is 1.59. The Labute approximate surface area is 154 Å². The molecule has 5 heteroatoms. The molecule has 3 aliphatic carbocycles. The van der Waals surface area contributed by atoms with Gasteiger partial charge in [-0.05, 0) is 72.6 Å². The summed E-state index contributed by atoms with van der Waals surface area (Å²) in [6.07, 6.45) is 6.46. The first kappa shape index (κ1) is 17.5. The molecule has 1 aromatic rings. The molecule has 0 aromatic heterocycles. The lowest BCUT2D eigenvalue weighted by Crippen LogP contribution is -2.36. The number of fused-ring (bicyclic) bond motifs is 1. The summed E-state index contributed by atoms with van der Waals surface area (Å²) in [6, 6.07) is 6.61. The predicted octanol–water partition coefficient (Wildman–Crippen LogP) is 4.45. The Morgan fingerprint density at radius 3 is 2.65 bits per heavy atom.